The number of allylic oxidation sites excluding steroid dienone is 1. The average Bonchev–Trinajstić information content (AvgIpc) is 2.79. The summed E-state index contributed by atoms with van der Waals surface area (Å²) in [6.07, 6.45) is 3.51. The molecule has 0 aliphatic carbocycles. The number of piperidine rings is 1. The van der Waals surface area contributed by atoms with Crippen molar-refractivity contribution < 1.29 is 14.4 Å². The smallest absolute Gasteiger partial charge is 0.257 e. The number of carbonyl (C=O) groups excluding carboxylic acids is 3. The molecule has 0 unspecified atom stereocenters. The fraction of sp³-hybridized carbons (Fsp3) is 0.346. The number of hydrogen-bond donors (Lipinski definition) is 1. The highest BCUT2D eigenvalue weighted by Crippen LogP contribution is 2.47. The molecule has 0 aromatic heterocycles. The van der Waals surface area contributed by atoms with E-state index >= 15 is 0 Å². The molecule has 1 saturated heterocycles. The van der Waals surface area contributed by atoms with Gasteiger partial charge < -0.3 is 0 Å². The van der Waals surface area contributed by atoms with Crippen molar-refractivity contribution >= 4 is 40.9 Å². The molecule has 0 spiro atoms. The lowest BCUT2D eigenvalue weighted by Crippen LogP contribution is -2.62. The quantitative estimate of drug-likeness (QED) is 0.382. The summed E-state index contributed by atoms with van der Waals surface area (Å²) in [5, 5.41) is 3.59. The Morgan fingerprint density at radius 1 is 1.15 bits per heavy atom. The van der Waals surface area contributed by atoms with Crippen molar-refractivity contribution in [1.82, 2.24) is 15.6 Å². The lowest BCUT2D eigenvalue weighted by Gasteiger charge is -2.48. The zero-order valence-corrected chi connectivity index (χ0v) is 20.9. The maximum atomic E-state index is 13.8. The van der Waals surface area contributed by atoms with Crippen molar-refractivity contribution in [2.45, 2.75) is 51.5 Å². The van der Waals surface area contributed by atoms with Gasteiger partial charge in [0.05, 0.1) is 6.04 Å². The number of hydrogen-bond acceptors (Lipinski definition) is 3. The number of halogens is 2. The molecule has 3 amide bonds. The Morgan fingerprint density at radius 2 is 1.85 bits per heavy atom. The van der Waals surface area contributed by atoms with Crippen molar-refractivity contribution in [3.63, 3.8) is 0 Å². The van der Waals surface area contributed by atoms with E-state index in [-0.39, 0.29) is 24.2 Å². The maximum Gasteiger partial charge on any atom is 0.257 e. The second-order valence-corrected chi connectivity index (χ2v) is 9.29. The van der Waals surface area contributed by atoms with E-state index in [0.717, 1.165) is 16.2 Å². The Bertz CT molecular complexity index is 1060. The third kappa shape index (κ3) is 5.80. The van der Waals surface area contributed by atoms with Crippen LogP contribution in [0, 0.1) is 5.92 Å². The van der Waals surface area contributed by atoms with Crippen LogP contribution in [-0.4, -0.2) is 27.8 Å². The van der Waals surface area contributed by atoms with Crippen LogP contribution in [0.3, 0.4) is 0 Å². The van der Waals surface area contributed by atoms with E-state index in [2.05, 4.69) is 12.0 Å². The molecule has 1 N–H and O–H groups in total. The maximum absolute atomic E-state index is 13.8. The van der Waals surface area contributed by atoms with Crippen LogP contribution in [-0.2, 0) is 14.4 Å². The minimum absolute atomic E-state index is 0.201. The minimum atomic E-state index is -0.574. The third-order valence-corrected chi connectivity index (χ3v) is 6.41. The summed E-state index contributed by atoms with van der Waals surface area (Å²) in [6, 6.07) is 14.1. The number of nitrogens with zero attached hydrogens (tertiary/aromatic N) is 2. The van der Waals surface area contributed by atoms with Gasteiger partial charge in [0.1, 0.15) is 0 Å². The molecule has 2 aromatic rings. The molecular weight excluding hydrogens is 473 g/mol. The van der Waals surface area contributed by atoms with Gasteiger partial charge in [0, 0.05) is 35.2 Å². The zero-order chi connectivity index (χ0) is 24.8. The van der Waals surface area contributed by atoms with E-state index in [4.69, 9.17) is 23.2 Å². The number of carbonyl (C=O) groups is 3. The van der Waals surface area contributed by atoms with Crippen molar-refractivity contribution in [3.05, 3.63) is 82.4 Å². The van der Waals surface area contributed by atoms with Crippen molar-refractivity contribution in [2.75, 3.05) is 0 Å². The first-order valence-electron chi connectivity index (χ1n) is 11.3. The van der Waals surface area contributed by atoms with Crippen molar-refractivity contribution in [3.8, 4) is 0 Å². The van der Waals surface area contributed by atoms with E-state index in [1.165, 1.54) is 11.9 Å². The number of hydrazine groups is 2. The normalized spacial score (nSPS) is 20.1. The second kappa shape index (κ2) is 11.5. The predicted molar refractivity (Wildman–Crippen MR) is 134 cm³/mol. The van der Waals surface area contributed by atoms with E-state index in [1.54, 1.807) is 24.3 Å². The summed E-state index contributed by atoms with van der Waals surface area (Å²) in [6.45, 7) is 7.00. The lowest BCUT2D eigenvalue weighted by molar-refractivity contribution is -0.189. The molecule has 1 aliphatic rings. The first-order valence-corrected chi connectivity index (χ1v) is 12.1. The summed E-state index contributed by atoms with van der Waals surface area (Å²) in [4.78, 5) is 39.1. The van der Waals surface area contributed by atoms with Crippen LogP contribution < -0.4 is 5.43 Å². The summed E-state index contributed by atoms with van der Waals surface area (Å²) >= 11 is 12.5. The first kappa shape index (κ1) is 25.8. The predicted octanol–water partition coefficient (Wildman–Crippen LogP) is 5.84. The molecule has 0 bridgehead atoms. The van der Waals surface area contributed by atoms with Crippen molar-refractivity contribution in [2.24, 2.45) is 5.92 Å². The molecule has 0 saturated carbocycles. The average molecular weight is 502 g/mol. The molecule has 0 radical (unpaired) electrons. The molecule has 180 valence electrons. The van der Waals surface area contributed by atoms with Gasteiger partial charge in [-0.05, 0) is 54.7 Å². The fourth-order valence-corrected chi connectivity index (χ4v) is 4.75. The van der Waals surface area contributed by atoms with Gasteiger partial charge in [-0.25, -0.2) is 10.4 Å². The number of rotatable bonds is 7. The van der Waals surface area contributed by atoms with Gasteiger partial charge in [-0.1, -0.05) is 60.5 Å². The van der Waals surface area contributed by atoms with Crippen LogP contribution in [0.1, 0.15) is 62.6 Å². The first-order chi connectivity index (χ1) is 16.3. The van der Waals surface area contributed by atoms with Crippen LogP contribution in [0.5, 0.6) is 0 Å². The Morgan fingerprint density at radius 3 is 2.44 bits per heavy atom. The summed E-state index contributed by atoms with van der Waals surface area (Å²) < 4.78 is 0. The largest absolute Gasteiger partial charge is 0.273 e. The molecular formula is C26H29Cl2N3O3. The minimum Gasteiger partial charge on any atom is -0.273 e. The molecule has 1 fully saturated rings. The Labute approximate surface area is 210 Å². The van der Waals surface area contributed by atoms with Gasteiger partial charge >= 0.3 is 0 Å². The fourth-order valence-electron chi connectivity index (χ4n) is 4.43. The van der Waals surface area contributed by atoms with Crippen LogP contribution in [0.4, 0.5) is 0 Å². The molecule has 6 nitrogen and oxygen atoms in total. The van der Waals surface area contributed by atoms with Crippen LogP contribution in [0.2, 0.25) is 10.0 Å². The van der Waals surface area contributed by atoms with E-state index in [0.29, 0.717) is 29.3 Å². The Kier molecular flexibility index (Phi) is 8.75. The van der Waals surface area contributed by atoms with E-state index in [1.807, 2.05) is 37.3 Å². The SMILES string of the molecule is C=CC[C@H]1C[C@H](c2cccc(Cl)c2)[C@@H](c2ccc(Cl)cc2)N(N(NC(=O)CCC)C(C)=O)C1=O. The Hall–Kier alpha value is -2.83. The molecule has 1 aliphatic heterocycles. The number of amides is 3. The monoisotopic (exact) mass is 501 g/mol. The highest BCUT2D eigenvalue weighted by molar-refractivity contribution is 6.30. The zero-order valence-electron chi connectivity index (χ0n) is 19.3. The topological polar surface area (TPSA) is 69.7 Å². The van der Waals surface area contributed by atoms with Gasteiger partial charge in [-0.15, -0.1) is 6.58 Å². The third-order valence-electron chi connectivity index (χ3n) is 5.92. The summed E-state index contributed by atoms with van der Waals surface area (Å²) in [5.74, 6) is -1.70. The molecule has 1 heterocycles. The van der Waals surface area contributed by atoms with Gasteiger partial charge in [-0.3, -0.25) is 14.4 Å². The van der Waals surface area contributed by atoms with Crippen LogP contribution in [0.25, 0.3) is 0 Å². The second-order valence-electron chi connectivity index (χ2n) is 8.41. The Balaban J connectivity index is 2.19. The van der Waals surface area contributed by atoms with E-state index < -0.39 is 17.9 Å². The van der Waals surface area contributed by atoms with Gasteiger partial charge in [0.15, 0.2) is 0 Å². The highest BCUT2D eigenvalue weighted by Gasteiger charge is 2.46. The van der Waals surface area contributed by atoms with Crippen LogP contribution in [0.15, 0.2) is 61.2 Å². The number of benzene rings is 2. The van der Waals surface area contributed by atoms with E-state index in [9.17, 15) is 14.4 Å². The van der Waals surface area contributed by atoms with Crippen LogP contribution >= 0.6 is 23.2 Å². The molecule has 3 rings (SSSR count). The molecule has 8 heteroatoms. The highest BCUT2D eigenvalue weighted by atomic mass is 35.5. The van der Waals surface area contributed by atoms with Gasteiger partial charge in [0.25, 0.3) is 5.91 Å². The summed E-state index contributed by atoms with van der Waals surface area (Å²) in [5.41, 5.74) is 4.37. The van der Waals surface area contributed by atoms with Gasteiger partial charge in [-0.2, -0.15) is 5.12 Å². The number of nitrogens with one attached hydrogen (secondary N) is 1. The van der Waals surface area contributed by atoms with Crippen molar-refractivity contribution in [1.29, 1.82) is 0 Å². The standard InChI is InChI=1S/C26H29Cl2N3O3/c1-4-7-20-16-23(19-9-6-10-22(28)15-19)25(18-11-13-21(27)14-12-18)30(26(20)34)31(17(3)32)29-24(33)8-5-2/h4,6,9-15,20,23,25H,1,5,7-8,16H2,2-3H3,(H,29,33)/t20-,23+,25+/m0/s1. The lowest BCUT2D eigenvalue weighted by atomic mass is 9.75. The summed E-state index contributed by atoms with van der Waals surface area (Å²) in [7, 11) is 0. The molecule has 3 atom stereocenters. The molecule has 34 heavy (non-hydrogen) atoms. The molecule has 2 aromatic carbocycles. The van der Waals surface area contributed by atoms with Gasteiger partial charge in [0.2, 0.25) is 11.8 Å².